The molecule has 0 fully saturated rings. The van der Waals surface area contributed by atoms with Gasteiger partial charge in [-0.1, -0.05) is 94.9 Å². The number of hydrogen-bond donors (Lipinski definition) is 2. The SMILES string of the molecule is O=[C]c1ccc(CN(CCC(=O)O)C(=O)CCCCCCCCCCCCCCCC(=O)O)cc1. The fourth-order valence-electron chi connectivity index (χ4n) is 4.08. The second-order valence-electron chi connectivity index (χ2n) is 9.25. The summed E-state index contributed by atoms with van der Waals surface area (Å²) in [5, 5.41) is 17.6. The predicted molar refractivity (Wildman–Crippen MR) is 136 cm³/mol. The van der Waals surface area contributed by atoms with Crippen molar-refractivity contribution in [1.29, 1.82) is 0 Å². The van der Waals surface area contributed by atoms with Crippen LogP contribution in [0, 0.1) is 0 Å². The first-order chi connectivity index (χ1) is 16.9. The first-order valence-corrected chi connectivity index (χ1v) is 13.1. The molecule has 0 unspecified atom stereocenters. The van der Waals surface area contributed by atoms with Crippen LogP contribution in [0.5, 0.6) is 0 Å². The standard InChI is InChI=1S/C28H42NO6/c30-23-25-18-16-24(17-19-25)22-29(21-20-28(34)35)26(31)14-12-10-8-6-4-2-1-3-5-7-9-11-13-15-27(32)33/h16-19H,1-15,20-22H2,(H,32,33)(H,34,35). The zero-order chi connectivity index (χ0) is 25.7. The molecule has 0 heterocycles. The molecule has 0 aliphatic carbocycles. The number of nitrogens with zero attached hydrogens (tertiary/aromatic N) is 1. The van der Waals surface area contributed by atoms with E-state index in [0.29, 0.717) is 18.5 Å². The van der Waals surface area contributed by atoms with Crippen LogP contribution in [-0.2, 0) is 25.7 Å². The van der Waals surface area contributed by atoms with Crippen molar-refractivity contribution in [1.82, 2.24) is 4.90 Å². The Kier molecular flexibility index (Phi) is 17.0. The second kappa shape index (κ2) is 19.6. The van der Waals surface area contributed by atoms with E-state index in [2.05, 4.69) is 0 Å². The van der Waals surface area contributed by atoms with Crippen LogP contribution in [0.25, 0.3) is 0 Å². The lowest BCUT2D eigenvalue weighted by Crippen LogP contribution is -2.32. The molecule has 7 heteroatoms. The smallest absolute Gasteiger partial charge is 0.305 e. The van der Waals surface area contributed by atoms with Crippen LogP contribution < -0.4 is 0 Å². The second-order valence-corrected chi connectivity index (χ2v) is 9.25. The van der Waals surface area contributed by atoms with Crippen LogP contribution >= 0.6 is 0 Å². The van der Waals surface area contributed by atoms with E-state index in [0.717, 1.165) is 44.1 Å². The van der Waals surface area contributed by atoms with E-state index in [1.54, 1.807) is 29.2 Å². The number of aliphatic carboxylic acids is 2. The number of rotatable bonds is 22. The van der Waals surface area contributed by atoms with Gasteiger partial charge in [-0.15, -0.1) is 0 Å². The average Bonchev–Trinajstić information content (AvgIpc) is 2.84. The number of hydrogen-bond acceptors (Lipinski definition) is 4. The molecule has 1 amide bonds. The first kappa shape index (κ1) is 30.3. The Morgan fingerprint density at radius 3 is 1.49 bits per heavy atom. The van der Waals surface area contributed by atoms with Gasteiger partial charge in [-0.3, -0.25) is 19.2 Å². The average molecular weight is 489 g/mol. The monoisotopic (exact) mass is 488 g/mol. The molecule has 0 saturated heterocycles. The molecule has 0 spiro atoms. The molecule has 1 aromatic carbocycles. The molecule has 0 bridgehead atoms. The third-order valence-electron chi connectivity index (χ3n) is 6.17. The van der Waals surface area contributed by atoms with Crippen molar-refractivity contribution in [2.45, 2.75) is 109 Å². The zero-order valence-corrected chi connectivity index (χ0v) is 21.0. The number of unbranched alkanes of at least 4 members (excludes halogenated alkanes) is 12. The molecular formula is C28H42NO6. The van der Waals surface area contributed by atoms with Crippen LogP contribution in [0.3, 0.4) is 0 Å². The lowest BCUT2D eigenvalue weighted by atomic mass is 10.0. The van der Waals surface area contributed by atoms with Gasteiger partial charge >= 0.3 is 11.9 Å². The molecule has 0 aliphatic rings. The summed E-state index contributed by atoms with van der Waals surface area (Å²) in [6, 6.07) is 6.83. The van der Waals surface area contributed by atoms with Gasteiger partial charge in [-0.2, -0.15) is 0 Å². The van der Waals surface area contributed by atoms with E-state index in [1.165, 1.54) is 44.9 Å². The molecule has 0 aromatic heterocycles. The summed E-state index contributed by atoms with van der Waals surface area (Å²) in [6.45, 7) is 0.519. The summed E-state index contributed by atoms with van der Waals surface area (Å²) in [4.78, 5) is 46.4. The Morgan fingerprint density at radius 2 is 1.06 bits per heavy atom. The van der Waals surface area contributed by atoms with Crippen LogP contribution in [0.1, 0.15) is 114 Å². The fraction of sp³-hybridized carbons (Fsp3) is 0.643. The van der Waals surface area contributed by atoms with Gasteiger partial charge in [0.15, 0.2) is 0 Å². The molecule has 0 aliphatic heterocycles. The van der Waals surface area contributed by atoms with Crippen LogP contribution in [0.2, 0.25) is 0 Å². The predicted octanol–water partition coefficient (Wildman–Crippen LogP) is 5.88. The van der Waals surface area contributed by atoms with Crippen molar-refractivity contribution in [3.8, 4) is 0 Å². The minimum atomic E-state index is -0.926. The van der Waals surface area contributed by atoms with Crippen molar-refractivity contribution in [2.75, 3.05) is 6.54 Å². The summed E-state index contributed by atoms with van der Waals surface area (Å²) < 4.78 is 0. The number of amides is 1. The third kappa shape index (κ3) is 16.5. The quantitative estimate of drug-likeness (QED) is 0.197. The first-order valence-electron chi connectivity index (χ1n) is 13.1. The van der Waals surface area contributed by atoms with Gasteiger partial charge in [0.25, 0.3) is 0 Å². The van der Waals surface area contributed by atoms with Crippen molar-refractivity contribution in [3.63, 3.8) is 0 Å². The van der Waals surface area contributed by atoms with Gasteiger partial charge in [0.2, 0.25) is 12.2 Å². The number of benzene rings is 1. The van der Waals surface area contributed by atoms with Gasteiger partial charge in [0.1, 0.15) is 0 Å². The number of carbonyl (C=O) groups is 3. The lowest BCUT2D eigenvalue weighted by molar-refractivity contribution is -0.139. The van der Waals surface area contributed by atoms with Gasteiger partial charge < -0.3 is 15.1 Å². The van der Waals surface area contributed by atoms with Crippen molar-refractivity contribution < 1.29 is 29.4 Å². The Balaban J connectivity index is 2.11. The molecule has 1 rings (SSSR count). The minimum absolute atomic E-state index is 0.0276. The summed E-state index contributed by atoms with van der Waals surface area (Å²) in [5.41, 5.74) is 1.31. The molecular weight excluding hydrogens is 446 g/mol. The number of carboxylic acid groups (broad SMARTS) is 2. The highest BCUT2D eigenvalue weighted by atomic mass is 16.4. The Bertz CT molecular complexity index is 746. The van der Waals surface area contributed by atoms with E-state index in [1.807, 2.05) is 6.29 Å². The van der Waals surface area contributed by atoms with Gasteiger partial charge in [0, 0.05) is 31.5 Å². The van der Waals surface area contributed by atoms with Crippen LogP contribution in [0.4, 0.5) is 0 Å². The topological polar surface area (TPSA) is 112 Å². The molecule has 7 nitrogen and oxygen atoms in total. The molecule has 195 valence electrons. The highest BCUT2D eigenvalue weighted by Crippen LogP contribution is 2.15. The summed E-state index contributed by atoms with van der Waals surface area (Å²) >= 11 is 0. The summed E-state index contributed by atoms with van der Waals surface area (Å²) in [7, 11) is 0. The zero-order valence-electron chi connectivity index (χ0n) is 21.0. The van der Waals surface area contributed by atoms with Gasteiger partial charge in [0.05, 0.1) is 6.42 Å². The summed E-state index contributed by atoms with van der Waals surface area (Å²) in [5.74, 6) is -1.66. The van der Waals surface area contributed by atoms with Crippen molar-refractivity contribution in [3.05, 3.63) is 35.4 Å². The van der Waals surface area contributed by atoms with E-state index < -0.39 is 11.9 Å². The minimum Gasteiger partial charge on any atom is -0.481 e. The van der Waals surface area contributed by atoms with Crippen molar-refractivity contribution >= 4 is 24.1 Å². The van der Waals surface area contributed by atoms with Crippen molar-refractivity contribution in [2.24, 2.45) is 0 Å². The number of carboxylic acids is 2. The lowest BCUT2D eigenvalue weighted by Gasteiger charge is -2.22. The fourth-order valence-corrected chi connectivity index (χ4v) is 4.08. The Morgan fingerprint density at radius 1 is 0.629 bits per heavy atom. The highest BCUT2D eigenvalue weighted by molar-refractivity contribution is 5.77. The van der Waals surface area contributed by atoms with Crippen LogP contribution in [0.15, 0.2) is 24.3 Å². The Labute approximate surface area is 209 Å². The Hall–Kier alpha value is -2.70. The van der Waals surface area contributed by atoms with E-state index in [-0.39, 0.29) is 25.3 Å². The molecule has 0 atom stereocenters. The van der Waals surface area contributed by atoms with E-state index in [4.69, 9.17) is 10.2 Å². The summed E-state index contributed by atoms with van der Waals surface area (Å²) in [6.07, 6.45) is 16.8. The maximum atomic E-state index is 12.7. The molecule has 2 N–H and O–H groups in total. The van der Waals surface area contributed by atoms with E-state index in [9.17, 15) is 19.2 Å². The maximum Gasteiger partial charge on any atom is 0.305 e. The molecule has 35 heavy (non-hydrogen) atoms. The maximum absolute atomic E-state index is 12.7. The van der Waals surface area contributed by atoms with Crippen LogP contribution in [-0.4, -0.2) is 45.8 Å². The van der Waals surface area contributed by atoms with E-state index >= 15 is 0 Å². The third-order valence-corrected chi connectivity index (χ3v) is 6.17. The molecule has 1 aromatic rings. The normalized spacial score (nSPS) is 10.7. The molecule has 1 radical (unpaired) electrons. The highest BCUT2D eigenvalue weighted by Gasteiger charge is 2.15. The molecule has 0 saturated carbocycles. The van der Waals surface area contributed by atoms with Gasteiger partial charge in [-0.25, -0.2) is 0 Å². The number of carbonyl (C=O) groups excluding carboxylic acids is 2. The van der Waals surface area contributed by atoms with Gasteiger partial charge in [-0.05, 0) is 18.4 Å². The largest absolute Gasteiger partial charge is 0.481 e.